The molecule has 0 aliphatic heterocycles. The molecule has 0 aromatic heterocycles. The predicted octanol–water partition coefficient (Wildman–Crippen LogP) is 5.15. The zero-order chi connectivity index (χ0) is 22.2. The first-order chi connectivity index (χ1) is 14.8. The Kier molecular flexibility index (Phi) is 5.69. The van der Waals surface area contributed by atoms with E-state index in [1.165, 1.54) is 7.05 Å². The molecule has 0 saturated heterocycles. The predicted molar refractivity (Wildman–Crippen MR) is 111 cm³/mol. The molecule has 4 rings (SSSR count). The fraction of sp³-hybridized carbons (Fsp3) is 0.417. The molecule has 1 saturated carbocycles. The Labute approximate surface area is 179 Å². The van der Waals surface area contributed by atoms with Crippen molar-refractivity contribution in [1.82, 2.24) is 4.90 Å². The summed E-state index contributed by atoms with van der Waals surface area (Å²) in [6.07, 6.45) is -1.36. The Bertz CT molecular complexity index is 938. The number of carboxylic acids is 1. The molecule has 2 aliphatic carbocycles. The minimum Gasteiger partial charge on any atom is -0.480 e. The second-order valence-electron chi connectivity index (χ2n) is 8.39. The van der Waals surface area contributed by atoms with Gasteiger partial charge >= 0.3 is 12.1 Å². The SMILES string of the molecule is CN(C(=O)OCC1c2ccccc2-c2ccccc21)C(C(=O)O)C1CCC(F)(F)CC1. The fourth-order valence-corrected chi connectivity index (χ4v) is 4.87. The number of carbonyl (C=O) groups is 2. The molecule has 7 heteroatoms. The third-order valence-corrected chi connectivity index (χ3v) is 6.50. The van der Waals surface area contributed by atoms with Crippen LogP contribution in [0.1, 0.15) is 42.7 Å². The average Bonchev–Trinajstić information content (AvgIpc) is 3.07. The second kappa shape index (κ2) is 8.29. The molecular weight excluding hydrogens is 404 g/mol. The number of halogens is 2. The lowest BCUT2D eigenvalue weighted by Gasteiger charge is -2.35. The summed E-state index contributed by atoms with van der Waals surface area (Å²) < 4.78 is 32.5. The molecule has 1 atom stereocenters. The normalized spacial score (nSPS) is 18.7. The van der Waals surface area contributed by atoms with Crippen molar-refractivity contribution in [3.05, 3.63) is 59.7 Å². The van der Waals surface area contributed by atoms with E-state index in [9.17, 15) is 23.5 Å². The highest BCUT2D eigenvalue weighted by molar-refractivity contribution is 5.81. The molecule has 0 bridgehead atoms. The molecule has 1 fully saturated rings. The monoisotopic (exact) mass is 429 g/mol. The van der Waals surface area contributed by atoms with E-state index in [2.05, 4.69) is 0 Å². The van der Waals surface area contributed by atoms with Gasteiger partial charge in [0.1, 0.15) is 12.6 Å². The summed E-state index contributed by atoms with van der Waals surface area (Å²) in [5, 5.41) is 9.68. The number of hydrogen-bond donors (Lipinski definition) is 1. The summed E-state index contributed by atoms with van der Waals surface area (Å²) in [7, 11) is 1.37. The second-order valence-corrected chi connectivity index (χ2v) is 8.39. The highest BCUT2D eigenvalue weighted by Gasteiger charge is 2.42. The van der Waals surface area contributed by atoms with Crippen molar-refractivity contribution >= 4 is 12.1 Å². The van der Waals surface area contributed by atoms with Gasteiger partial charge in [0.05, 0.1) is 0 Å². The molecule has 2 aromatic rings. The Morgan fingerprint density at radius 2 is 1.58 bits per heavy atom. The highest BCUT2D eigenvalue weighted by Crippen LogP contribution is 2.44. The number of amides is 1. The molecule has 1 amide bonds. The van der Waals surface area contributed by atoms with Crippen LogP contribution in [0, 0.1) is 5.92 Å². The molecule has 0 radical (unpaired) electrons. The van der Waals surface area contributed by atoms with Crippen molar-refractivity contribution in [2.45, 2.75) is 43.6 Å². The van der Waals surface area contributed by atoms with Crippen molar-refractivity contribution in [2.75, 3.05) is 13.7 Å². The Hall–Kier alpha value is -2.96. The molecule has 164 valence electrons. The Balaban J connectivity index is 1.46. The molecular formula is C24H25F2NO4. The number of carboxylic acid groups (broad SMARTS) is 1. The summed E-state index contributed by atoms with van der Waals surface area (Å²) in [5.74, 6) is -4.63. The van der Waals surface area contributed by atoms with Crippen LogP contribution in [0.25, 0.3) is 11.1 Å². The first-order valence-corrected chi connectivity index (χ1v) is 10.5. The lowest BCUT2D eigenvalue weighted by molar-refractivity contribution is -0.146. The lowest BCUT2D eigenvalue weighted by Crippen LogP contribution is -2.49. The largest absolute Gasteiger partial charge is 0.480 e. The molecule has 0 spiro atoms. The van der Waals surface area contributed by atoms with Crippen LogP contribution in [-0.4, -0.2) is 47.7 Å². The van der Waals surface area contributed by atoms with Gasteiger partial charge in [0, 0.05) is 25.8 Å². The fourth-order valence-electron chi connectivity index (χ4n) is 4.87. The van der Waals surface area contributed by atoms with Gasteiger partial charge in [0.25, 0.3) is 0 Å². The summed E-state index contributed by atoms with van der Waals surface area (Å²) in [6, 6.07) is 14.7. The minimum atomic E-state index is -2.76. The van der Waals surface area contributed by atoms with Crippen molar-refractivity contribution < 1.29 is 28.2 Å². The van der Waals surface area contributed by atoms with E-state index in [0.29, 0.717) is 0 Å². The number of aliphatic carboxylic acids is 1. The van der Waals surface area contributed by atoms with E-state index in [1.807, 2.05) is 48.5 Å². The molecule has 1 N–H and O–H groups in total. The van der Waals surface area contributed by atoms with Crippen LogP contribution in [0.15, 0.2) is 48.5 Å². The maximum Gasteiger partial charge on any atom is 0.410 e. The van der Waals surface area contributed by atoms with E-state index >= 15 is 0 Å². The van der Waals surface area contributed by atoms with Crippen molar-refractivity contribution in [3.8, 4) is 11.1 Å². The number of hydrogen-bond acceptors (Lipinski definition) is 3. The van der Waals surface area contributed by atoms with Gasteiger partial charge in [0.15, 0.2) is 0 Å². The minimum absolute atomic E-state index is 0.0605. The molecule has 0 heterocycles. The van der Waals surface area contributed by atoms with Crippen LogP contribution in [-0.2, 0) is 9.53 Å². The van der Waals surface area contributed by atoms with Crippen LogP contribution in [0.5, 0.6) is 0 Å². The number of ether oxygens (including phenoxy) is 1. The quantitative estimate of drug-likeness (QED) is 0.714. The number of alkyl halides is 2. The lowest BCUT2D eigenvalue weighted by atomic mass is 9.81. The summed E-state index contributed by atoms with van der Waals surface area (Å²) in [6.45, 7) is 0.0757. The van der Waals surface area contributed by atoms with E-state index in [4.69, 9.17) is 4.74 Å². The van der Waals surface area contributed by atoms with Gasteiger partial charge < -0.3 is 9.84 Å². The summed E-state index contributed by atoms with van der Waals surface area (Å²) in [5.41, 5.74) is 4.31. The Morgan fingerprint density at radius 3 is 2.10 bits per heavy atom. The van der Waals surface area contributed by atoms with Gasteiger partial charge in [-0.25, -0.2) is 18.4 Å². The third-order valence-electron chi connectivity index (χ3n) is 6.50. The van der Waals surface area contributed by atoms with Crippen molar-refractivity contribution in [1.29, 1.82) is 0 Å². The number of carbonyl (C=O) groups excluding carboxylic acids is 1. The maximum absolute atomic E-state index is 13.5. The topological polar surface area (TPSA) is 66.8 Å². The zero-order valence-electron chi connectivity index (χ0n) is 17.3. The number of likely N-dealkylation sites (N-methyl/N-ethyl adjacent to an activating group) is 1. The van der Waals surface area contributed by atoms with Crippen LogP contribution in [0.4, 0.5) is 13.6 Å². The smallest absolute Gasteiger partial charge is 0.410 e. The standard InChI is InChI=1S/C24H25F2NO4/c1-27(21(22(28)29)15-10-12-24(25,26)13-11-15)23(30)31-14-20-18-8-4-2-6-16(18)17-7-3-5-9-19(17)20/h2-9,15,20-21H,10-14H2,1H3,(H,28,29). The summed E-state index contributed by atoms with van der Waals surface area (Å²) >= 11 is 0. The number of fused-ring (bicyclic) bond motifs is 3. The van der Waals surface area contributed by atoms with Gasteiger partial charge in [-0.2, -0.15) is 0 Å². The highest BCUT2D eigenvalue weighted by atomic mass is 19.3. The maximum atomic E-state index is 13.5. The third kappa shape index (κ3) is 4.13. The average molecular weight is 429 g/mol. The van der Waals surface area contributed by atoms with Crippen LogP contribution in [0.2, 0.25) is 0 Å². The molecule has 2 aromatic carbocycles. The van der Waals surface area contributed by atoms with Crippen LogP contribution >= 0.6 is 0 Å². The van der Waals surface area contributed by atoms with Gasteiger partial charge in [-0.05, 0) is 41.0 Å². The van der Waals surface area contributed by atoms with E-state index in [1.54, 1.807) is 0 Å². The molecule has 5 nitrogen and oxygen atoms in total. The van der Waals surface area contributed by atoms with Gasteiger partial charge in [-0.3, -0.25) is 4.90 Å². The number of benzene rings is 2. The van der Waals surface area contributed by atoms with Gasteiger partial charge in [-0.15, -0.1) is 0 Å². The van der Waals surface area contributed by atoms with E-state index < -0.39 is 29.9 Å². The van der Waals surface area contributed by atoms with Crippen molar-refractivity contribution in [3.63, 3.8) is 0 Å². The Morgan fingerprint density at radius 1 is 1.06 bits per heavy atom. The number of nitrogens with zero attached hydrogens (tertiary/aromatic N) is 1. The van der Waals surface area contributed by atoms with Crippen LogP contribution in [0.3, 0.4) is 0 Å². The molecule has 1 unspecified atom stereocenters. The zero-order valence-corrected chi connectivity index (χ0v) is 17.3. The molecule has 2 aliphatic rings. The number of rotatable bonds is 5. The van der Waals surface area contributed by atoms with Crippen molar-refractivity contribution in [2.24, 2.45) is 5.92 Å². The van der Waals surface area contributed by atoms with Gasteiger partial charge in [0.2, 0.25) is 5.92 Å². The summed E-state index contributed by atoms with van der Waals surface area (Å²) in [4.78, 5) is 25.6. The van der Waals surface area contributed by atoms with E-state index in [-0.39, 0.29) is 38.2 Å². The first kappa shape index (κ1) is 21.3. The van der Waals surface area contributed by atoms with E-state index in [0.717, 1.165) is 27.2 Å². The molecule has 31 heavy (non-hydrogen) atoms. The van der Waals surface area contributed by atoms with Crippen LogP contribution < -0.4 is 0 Å². The first-order valence-electron chi connectivity index (χ1n) is 10.5. The van der Waals surface area contributed by atoms with Gasteiger partial charge in [-0.1, -0.05) is 48.5 Å².